The molecule has 32 heavy (non-hydrogen) atoms. The number of hydrogen-bond acceptors (Lipinski definition) is 8. The van der Waals surface area contributed by atoms with E-state index in [0.29, 0.717) is 36.1 Å². The van der Waals surface area contributed by atoms with Crippen molar-refractivity contribution in [2.75, 3.05) is 13.2 Å². The summed E-state index contributed by atoms with van der Waals surface area (Å²) in [6.45, 7) is 2.81. The first-order chi connectivity index (χ1) is 15.7. The molecule has 1 aliphatic heterocycles. The lowest BCUT2D eigenvalue weighted by Crippen LogP contribution is -2.54. The fourth-order valence-electron chi connectivity index (χ4n) is 3.53. The van der Waals surface area contributed by atoms with E-state index < -0.39 is 24.2 Å². The molecule has 0 radical (unpaired) electrons. The van der Waals surface area contributed by atoms with Crippen LogP contribution in [0.5, 0.6) is 17.4 Å². The van der Waals surface area contributed by atoms with Crippen LogP contribution in [-0.2, 0) is 0 Å². The van der Waals surface area contributed by atoms with Gasteiger partial charge in [0, 0.05) is 24.8 Å². The standard InChI is InChI=1S/C22H23FN6O3/c1-2-31-18-4-3-6-28-22(18)32-16-8-14(9-24-12-16)19-20(17(23)5-7-27-19)29-21(30)15-10-25-13-26-11-15/h3-4,6,8-13,17,19-20,27H,2,5,7H2,1H3,(H,29,30)/t17-,19?,20+/m1/s1. The molecule has 166 valence electrons. The number of hydrogen-bond donors (Lipinski definition) is 2. The van der Waals surface area contributed by atoms with Crippen LogP contribution in [0, 0.1) is 0 Å². The molecule has 1 amide bonds. The SMILES string of the molecule is CCOc1cccnc1Oc1cncc(C2NCC[C@@H](F)[C@@H]2NC(=O)c2cncnc2)c1. The predicted molar refractivity (Wildman–Crippen MR) is 113 cm³/mol. The summed E-state index contributed by atoms with van der Waals surface area (Å²) < 4.78 is 26.3. The number of piperidine rings is 1. The van der Waals surface area contributed by atoms with Gasteiger partial charge in [0.1, 0.15) is 18.2 Å². The van der Waals surface area contributed by atoms with Crippen molar-refractivity contribution in [2.24, 2.45) is 0 Å². The van der Waals surface area contributed by atoms with E-state index in [2.05, 4.69) is 30.6 Å². The Labute approximate surface area is 184 Å². The Morgan fingerprint density at radius 3 is 2.91 bits per heavy atom. The maximum atomic E-state index is 14.9. The third-order valence-corrected chi connectivity index (χ3v) is 5.00. The number of carbonyl (C=O) groups excluding carboxylic acids is 1. The van der Waals surface area contributed by atoms with Gasteiger partial charge in [-0.05, 0) is 43.7 Å². The van der Waals surface area contributed by atoms with Crippen molar-refractivity contribution < 1.29 is 18.7 Å². The molecule has 0 spiro atoms. The zero-order valence-corrected chi connectivity index (χ0v) is 17.4. The van der Waals surface area contributed by atoms with Gasteiger partial charge in [0.05, 0.1) is 30.5 Å². The Balaban J connectivity index is 1.55. The molecule has 0 aromatic carbocycles. The van der Waals surface area contributed by atoms with Gasteiger partial charge < -0.3 is 20.1 Å². The molecule has 0 aliphatic carbocycles. The van der Waals surface area contributed by atoms with Crippen molar-refractivity contribution in [1.29, 1.82) is 0 Å². The molecule has 1 aliphatic rings. The van der Waals surface area contributed by atoms with Crippen LogP contribution in [0.1, 0.15) is 35.3 Å². The van der Waals surface area contributed by atoms with Crippen LogP contribution in [0.2, 0.25) is 0 Å². The zero-order valence-electron chi connectivity index (χ0n) is 17.4. The number of halogens is 1. The largest absolute Gasteiger partial charge is 0.488 e. The van der Waals surface area contributed by atoms with E-state index in [9.17, 15) is 9.18 Å². The number of aromatic nitrogens is 4. The van der Waals surface area contributed by atoms with Gasteiger partial charge in [-0.3, -0.25) is 9.78 Å². The monoisotopic (exact) mass is 438 g/mol. The highest BCUT2D eigenvalue weighted by Gasteiger charge is 2.36. The van der Waals surface area contributed by atoms with Gasteiger partial charge >= 0.3 is 0 Å². The number of nitrogens with zero attached hydrogens (tertiary/aromatic N) is 4. The van der Waals surface area contributed by atoms with Crippen LogP contribution < -0.4 is 20.1 Å². The lowest BCUT2D eigenvalue weighted by atomic mass is 9.91. The highest BCUT2D eigenvalue weighted by molar-refractivity contribution is 5.93. The van der Waals surface area contributed by atoms with Gasteiger partial charge in [0.2, 0.25) is 0 Å². The second kappa shape index (κ2) is 10.1. The average Bonchev–Trinajstić information content (AvgIpc) is 2.82. The van der Waals surface area contributed by atoms with Gasteiger partial charge in [-0.15, -0.1) is 0 Å². The number of amides is 1. The summed E-state index contributed by atoms with van der Waals surface area (Å²) in [6, 6.07) is 3.96. The highest BCUT2D eigenvalue weighted by atomic mass is 19.1. The third kappa shape index (κ3) is 4.97. The maximum Gasteiger partial charge on any atom is 0.262 e. The number of ether oxygens (including phenoxy) is 2. The van der Waals surface area contributed by atoms with Crippen molar-refractivity contribution in [1.82, 2.24) is 30.6 Å². The Morgan fingerprint density at radius 2 is 2.09 bits per heavy atom. The van der Waals surface area contributed by atoms with Crippen LogP contribution in [-0.4, -0.2) is 51.2 Å². The first-order valence-corrected chi connectivity index (χ1v) is 10.3. The van der Waals surface area contributed by atoms with Crippen LogP contribution in [0.4, 0.5) is 4.39 Å². The van der Waals surface area contributed by atoms with Crippen molar-refractivity contribution >= 4 is 5.91 Å². The lowest BCUT2D eigenvalue weighted by molar-refractivity contribution is 0.0854. The van der Waals surface area contributed by atoms with E-state index in [1.807, 2.05) is 6.92 Å². The quantitative estimate of drug-likeness (QED) is 0.579. The summed E-state index contributed by atoms with van der Waals surface area (Å²) in [5.74, 6) is 0.797. The van der Waals surface area contributed by atoms with E-state index in [0.717, 1.165) is 0 Å². The van der Waals surface area contributed by atoms with Crippen LogP contribution in [0.3, 0.4) is 0 Å². The predicted octanol–water partition coefficient (Wildman–Crippen LogP) is 2.63. The molecule has 0 bridgehead atoms. The van der Waals surface area contributed by atoms with Gasteiger partial charge in [-0.1, -0.05) is 0 Å². The lowest BCUT2D eigenvalue weighted by Gasteiger charge is -2.36. The minimum atomic E-state index is -1.24. The molecule has 3 atom stereocenters. The number of alkyl halides is 1. The van der Waals surface area contributed by atoms with Crippen LogP contribution in [0.25, 0.3) is 0 Å². The average molecular weight is 438 g/mol. The fraction of sp³-hybridized carbons (Fsp3) is 0.318. The normalized spacial score (nSPS) is 20.4. The number of carbonyl (C=O) groups is 1. The fourth-order valence-corrected chi connectivity index (χ4v) is 3.53. The summed E-state index contributed by atoms with van der Waals surface area (Å²) in [6.07, 6.45) is 7.91. The molecule has 9 nitrogen and oxygen atoms in total. The Morgan fingerprint density at radius 1 is 1.25 bits per heavy atom. The van der Waals surface area contributed by atoms with E-state index in [4.69, 9.17) is 9.47 Å². The van der Waals surface area contributed by atoms with E-state index in [1.165, 1.54) is 18.7 Å². The molecule has 3 aromatic rings. The van der Waals surface area contributed by atoms with Gasteiger partial charge in [0.25, 0.3) is 11.8 Å². The zero-order chi connectivity index (χ0) is 22.3. The van der Waals surface area contributed by atoms with Crippen LogP contribution in [0.15, 0.2) is 55.5 Å². The molecular formula is C22H23FN6O3. The Kier molecular flexibility index (Phi) is 6.81. The van der Waals surface area contributed by atoms with Gasteiger partial charge in [-0.25, -0.2) is 19.3 Å². The maximum absolute atomic E-state index is 14.9. The molecule has 1 unspecified atom stereocenters. The van der Waals surface area contributed by atoms with Crippen molar-refractivity contribution in [3.05, 3.63) is 66.6 Å². The molecule has 4 rings (SSSR count). The molecular weight excluding hydrogens is 415 g/mol. The summed E-state index contributed by atoms with van der Waals surface area (Å²) in [5, 5.41) is 6.04. The van der Waals surface area contributed by atoms with E-state index in [-0.39, 0.29) is 12.0 Å². The minimum Gasteiger partial charge on any atom is -0.488 e. The van der Waals surface area contributed by atoms with Crippen LogP contribution >= 0.6 is 0 Å². The minimum absolute atomic E-state index is 0.262. The van der Waals surface area contributed by atoms with E-state index in [1.54, 1.807) is 36.8 Å². The van der Waals surface area contributed by atoms with E-state index >= 15 is 0 Å². The van der Waals surface area contributed by atoms with Gasteiger partial charge in [-0.2, -0.15) is 0 Å². The summed E-state index contributed by atoms with van der Waals surface area (Å²) in [7, 11) is 0. The summed E-state index contributed by atoms with van der Waals surface area (Å²) in [5.41, 5.74) is 0.936. The van der Waals surface area contributed by atoms with Crippen molar-refractivity contribution in [3.8, 4) is 17.4 Å². The molecule has 3 aromatic heterocycles. The molecule has 2 N–H and O–H groups in total. The number of nitrogens with one attached hydrogen (secondary N) is 2. The second-order valence-corrected chi connectivity index (χ2v) is 7.16. The molecule has 1 saturated heterocycles. The first kappa shape index (κ1) is 21.6. The van der Waals surface area contributed by atoms with Crippen molar-refractivity contribution in [2.45, 2.75) is 31.6 Å². The molecule has 0 saturated carbocycles. The molecule has 4 heterocycles. The topological polar surface area (TPSA) is 111 Å². The third-order valence-electron chi connectivity index (χ3n) is 5.00. The van der Waals surface area contributed by atoms with Crippen molar-refractivity contribution in [3.63, 3.8) is 0 Å². The van der Waals surface area contributed by atoms with Gasteiger partial charge in [0.15, 0.2) is 5.75 Å². The molecule has 1 fully saturated rings. The summed E-state index contributed by atoms with van der Waals surface area (Å²) >= 11 is 0. The molecule has 10 heteroatoms. The number of pyridine rings is 2. The second-order valence-electron chi connectivity index (χ2n) is 7.16. The Hall–Kier alpha value is -3.66. The number of rotatable bonds is 7. The first-order valence-electron chi connectivity index (χ1n) is 10.3. The summed E-state index contributed by atoms with van der Waals surface area (Å²) in [4.78, 5) is 28.7. The Bertz CT molecular complexity index is 1050. The smallest absolute Gasteiger partial charge is 0.262 e. The highest BCUT2D eigenvalue weighted by Crippen LogP contribution is 2.32.